The maximum absolute atomic E-state index is 5.86. The summed E-state index contributed by atoms with van der Waals surface area (Å²) in [6, 6.07) is 9.76. The van der Waals surface area contributed by atoms with Crippen LogP contribution in [-0.4, -0.2) is 23.3 Å². The van der Waals surface area contributed by atoms with Crippen molar-refractivity contribution in [2.45, 2.75) is 31.1 Å². The Morgan fingerprint density at radius 2 is 1.76 bits per heavy atom. The molecule has 0 fully saturated rings. The maximum Gasteiger partial charge on any atom is 0.224 e. The molecule has 1 aromatic heterocycles. The molecule has 1 aromatic carbocycles. The van der Waals surface area contributed by atoms with Gasteiger partial charge in [-0.1, -0.05) is 20.8 Å². The Morgan fingerprint density at radius 3 is 2.29 bits per heavy atom. The minimum absolute atomic E-state index is 0.131. The van der Waals surface area contributed by atoms with Gasteiger partial charge in [0.15, 0.2) is 0 Å². The number of hydrogen-bond donors (Lipinski definition) is 1. The topological polar surface area (TPSA) is 47.0 Å². The van der Waals surface area contributed by atoms with Crippen molar-refractivity contribution < 1.29 is 4.74 Å². The monoisotopic (exact) mass is 303 g/mol. The van der Waals surface area contributed by atoms with Gasteiger partial charge in [-0.2, -0.15) is 4.98 Å². The fourth-order valence-electron chi connectivity index (χ4n) is 1.71. The highest BCUT2D eigenvalue weighted by atomic mass is 32.2. The van der Waals surface area contributed by atoms with E-state index >= 15 is 0 Å². The van der Waals surface area contributed by atoms with E-state index < -0.39 is 0 Å². The first-order valence-electron chi connectivity index (χ1n) is 6.81. The van der Waals surface area contributed by atoms with Crippen LogP contribution in [-0.2, 0) is 5.41 Å². The smallest absolute Gasteiger partial charge is 0.224 e. The van der Waals surface area contributed by atoms with Crippen LogP contribution in [0.2, 0.25) is 0 Å². The molecule has 1 heterocycles. The molecule has 0 atom stereocenters. The predicted molar refractivity (Wildman–Crippen MR) is 88.6 cm³/mol. The highest BCUT2D eigenvalue weighted by Crippen LogP contribution is 2.27. The molecule has 1 N–H and O–H groups in total. The van der Waals surface area contributed by atoms with Crippen molar-refractivity contribution in [3.63, 3.8) is 0 Å². The highest BCUT2D eigenvalue weighted by molar-refractivity contribution is 7.98. The number of nitrogens with one attached hydrogen (secondary N) is 1. The van der Waals surface area contributed by atoms with E-state index in [1.807, 2.05) is 31.3 Å². The van der Waals surface area contributed by atoms with Crippen LogP contribution in [0.1, 0.15) is 26.6 Å². The molecule has 0 spiro atoms. The van der Waals surface area contributed by atoms with Crippen LogP contribution in [0.25, 0.3) is 0 Å². The van der Waals surface area contributed by atoms with Crippen LogP contribution < -0.4 is 10.1 Å². The standard InChI is InChI=1S/C16H21N3OS/c1-16(2,3)15-18-13(17-4)10-14(19-15)20-11-6-8-12(21-5)9-7-11/h6-10H,1-5H3,(H,17,18,19). The van der Waals surface area contributed by atoms with E-state index in [-0.39, 0.29) is 5.41 Å². The number of anilines is 1. The SMILES string of the molecule is CNc1cc(Oc2ccc(SC)cc2)nc(C(C)(C)C)n1. The molecule has 5 heteroatoms. The van der Waals surface area contributed by atoms with E-state index in [9.17, 15) is 0 Å². The van der Waals surface area contributed by atoms with Crippen molar-refractivity contribution in [1.29, 1.82) is 0 Å². The summed E-state index contributed by atoms with van der Waals surface area (Å²) in [6.07, 6.45) is 2.05. The third-order valence-corrected chi connectivity index (χ3v) is 3.66. The van der Waals surface area contributed by atoms with Gasteiger partial charge < -0.3 is 10.1 Å². The van der Waals surface area contributed by atoms with E-state index in [2.05, 4.69) is 42.3 Å². The van der Waals surface area contributed by atoms with Gasteiger partial charge in [-0.25, -0.2) is 4.98 Å². The fourth-order valence-corrected chi connectivity index (χ4v) is 2.11. The van der Waals surface area contributed by atoms with Crippen molar-refractivity contribution in [2.75, 3.05) is 18.6 Å². The number of nitrogens with zero attached hydrogens (tertiary/aromatic N) is 2. The van der Waals surface area contributed by atoms with Gasteiger partial charge in [-0.3, -0.25) is 0 Å². The molecule has 0 aliphatic rings. The summed E-state index contributed by atoms with van der Waals surface area (Å²) in [5, 5.41) is 3.05. The zero-order valence-corrected chi connectivity index (χ0v) is 13.9. The number of rotatable bonds is 4. The maximum atomic E-state index is 5.86. The third kappa shape index (κ3) is 4.11. The van der Waals surface area contributed by atoms with Crippen molar-refractivity contribution in [3.8, 4) is 11.6 Å². The number of hydrogen-bond acceptors (Lipinski definition) is 5. The van der Waals surface area contributed by atoms with Gasteiger partial charge in [0.25, 0.3) is 0 Å². The molecule has 4 nitrogen and oxygen atoms in total. The van der Waals surface area contributed by atoms with E-state index in [4.69, 9.17) is 4.74 Å². The summed E-state index contributed by atoms with van der Waals surface area (Å²) in [5.74, 6) is 2.83. The summed E-state index contributed by atoms with van der Waals surface area (Å²) in [6.45, 7) is 6.25. The summed E-state index contributed by atoms with van der Waals surface area (Å²) >= 11 is 1.70. The molecule has 0 saturated carbocycles. The Bertz CT molecular complexity index is 606. The summed E-state index contributed by atoms with van der Waals surface area (Å²) in [5.41, 5.74) is -0.131. The van der Waals surface area contributed by atoms with Gasteiger partial charge in [0, 0.05) is 23.4 Å². The lowest BCUT2D eigenvalue weighted by molar-refractivity contribution is 0.446. The lowest BCUT2D eigenvalue weighted by Crippen LogP contribution is -2.17. The summed E-state index contributed by atoms with van der Waals surface area (Å²) in [7, 11) is 1.84. The molecule has 0 bridgehead atoms. The second kappa shape index (κ2) is 6.35. The number of ether oxygens (including phenoxy) is 1. The second-order valence-electron chi connectivity index (χ2n) is 5.69. The molecule has 0 radical (unpaired) electrons. The van der Waals surface area contributed by atoms with Gasteiger partial charge in [0.05, 0.1) is 0 Å². The molecular formula is C16H21N3OS. The molecule has 0 aliphatic carbocycles. The van der Waals surface area contributed by atoms with E-state index in [1.165, 1.54) is 4.90 Å². The predicted octanol–water partition coefficient (Wildman–Crippen LogP) is 4.33. The van der Waals surface area contributed by atoms with Crippen molar-refractivity contribution in [3.05, 3.63) is 36.2 Å². The summed E-state index contributed by atoms with van der Waals surface area (Å²) < 4.78 is 5.86. The Balaban J connectivity index is 2.29. The zero-order chi connectivity index (χ0) is 15.5. The minimum atomic E-state index is -0.131. The average Bonchev–Trinajstić information content (AvgIpc) is 2.46. The van der Waals surface area contributed by atoms with Crippen LogP contribution >= 0.6 is 11.8 Å². The Labute approximate surface area is 130 Å². The Hall–Kier alpha value is -1.75. The first-order valence-corrected chi connectivity index (χ1v) is 8.04. The van der Waals surface area contributed by atoms with Crippen molar-refractivity contribution in [1.82, 2.24) is 9.97 Å². The third-order valence-electron chi connectivity index (χ3n) is 2.91. The normalized spacial score (nSPS) is 11.3. The first-order chi connectivity index (χ1) is 9.92. The molecule has 112 valence electrons. The molecular weight excluding hydrogens is 282 g/mol. The fraction of sp³-hybridized carbons (Fsp3) is 0.375. The van der Waals surface area contributed by atoms with Crippen LogP contribution in [0.4, 0.5) is 5.82 Å². The lowest BCUT2D eigenvalue weighted by atomic mass is 9.96. The highest BCUT2D eigenvalue weighted by Gasteiger charge is 2.19. The largest absolute Gasteiger partial charge is 0.439 e. The van der Waals surface area contributed by atoms with Crippen LogP contribution in [0.3, 0.4) is 0 Å². The van der Waals surface area contributed by atoms with Gasteiger partial charge >= 0.3 is 0 Å². The van der Waals surface area contributed by atoms with E-state index in [0.29, 0.717) is 5.88 Å². The average molecular weight is 303 g/mol. The quantitative estimate of drug-likeness (QED) is 0.852. The summed E-state index contributed by atoms with van der Waals surface area (Å²) in [4.78, 5) is 10.2. The molecule has 0 saturated heterocycles. The van der Waals surface area contributed by atoms with Crippen LogP contribution in [0.15, 0.2) is 35.2 Å². The lowest BCUT2D eigenvalue weighted by Gasteiger charge is -2.18. The number of thioether (sulfide) groups is 1. The number of benzene rings is 1. The molecule has 2 rings (SSSR count). The van der Waals surface area contributed by atoms with Gasteiger partial charge in [0.1, 0.15) is 17.4 Å². The number of aromatic nitrogens is 2. The molecule has 2 aromatic rings. The molecule has 0 amide bonds. The first kappa shape index (κ1) is 15.6. The minimum Gasteiger partial charge on any atom is -0.439 e. The van der Waals surface area contributed by atoms with Crippen molar-refractivity contribution >= 4 is 17.6 Å². The van der Waals surface area contributed by atoms with E-state index in [0.717, 1.165) is 17.4 Å². The van der Waals surface area contributed by atoms with Crippen molar-refractivity contribution in [2.24, 2.45) is 0 Å². The second-order valence-corrected chi connectivity index (χ2v) is 6.57. The van der Waals surface area contributed by atoms with Crippen LogP contribution in [0, 0.1) is 0 Å². The van der Waals surface area contributed by atoms with Gasteiger partial charge in [-0.15, -0.1) is 11.8 Å². The van der Waals surface area contributed by atoms with Crippen LogP contribution in [0.5, 0.6) is 11.6 Å². The van der Waals surface area contributed by atoms with E-state index in [1.54, 1.807) is 17.8 Å². The Morgan fingerprint density at radius 1 is 1.10 bits per heavy atom. The molecule has 21 heavy (non-hydrogen) atoms. The van der Waals surface area contributed by atoms with Gasteiger partial charge in [-0.05, 0) is 30.5 Å². The molecule has 0 aliphatic heterocycles. The zero-order valence-electron chi connectivity index (χ0n) is 13.1. The van der Waals surface area contributed by atoms with Gasteiger partial charge in [0.2, 0.25) is 5.88 Å². The Kier molecular flexibility index (Phi) is 4.73. The molecule has 0 unspecified atom stereocenters.